The zero-order valence-corrected chi connectivity index (χ0v) is 10.0. The Kier molecular flexibility index (Phi) is 3.46. The summed E-state index contributed by atoms with van der Waals surface area (Å²) in [5.74, 6) is 0. The number of methoxy groups -OCH3 is 1. The molecule has 2 rings (SSSR count). The molecular weight excluding hydrogens is 200 g/mol. The van der Waals surface area contributed by atoms with Gasteiger partial charge in [-0.1, -0.05) is 18.2 Å². The molecule has 0 bridgehead atoms. The highest BCUT2D eigenvalue weighted by molar-refractivity contribution is 5.56. The van der Waals surface area contributed by atoms with Gasteiger partial charge in [0.1, 0.15) is 0 Å². The summed E-state index contributed by atoms with van der Waals surface area (Å²) in [5, 5.41) is 0. The average Bonchev–Trinajstić information content (AvgIpc) is 2.28. The van der Waals surface area contributed by atoms with Gasteiger partial charge in [-0.15, -0.1) is 0 Å². The number of fused-ring (bicyclic) bond motifs is 1. The van der Waals surface area contributed by atoms with E-state index in [1.54, 1.807) is 7.11 Å². The quantitative estimate of drug-likeness (QED) is 0.837. The van der Waals surface area contributed by atoms with Crippen LogP contribution in [-0.4, -0.2) is 32.3 Å². The smallest absolute Gasteiger partial charge is 0.0663 e. The van der Waals surface area contributed by atoms with E-state index in [-0.39, 0.29) is 6.04 Å². The van der Waals surface area contributed by atoms with Gasteiger partial charge in [0, 0.05) is 31.4 Å². The van der Waals surface area contributed by atoms with Gasteiger partial charge in [-0.05, 0) is 25.0 Å². The van der Waals surface area contributed by atoms with Crippen LogP contribution >= 0.6 is 0 Å². The van der Waals surface area contributed by atoms with Crippen LogP contribution in [0.3, 0.4) is 0 Å². The molecule has 3 nitrogen and oxygen atoms in total. The summed E-state index contributed by atoms with van der Waals surface area (Å²) in [6.45, 7) is 3.83. The Bertz CT molecular complexity index is 354. The van der Waals surface area contributed by atoms with Crippen LogP contribution < -0.4 is 10.6 Å². The van der Waals surface area contributed by atoms with Gasteiger partial charge in [0.05, 0.1) is 6.61 Å². The second-order valence-electron chi connectivity index (χ2n) is 4.55. The molecule has 0 aliphatic carbocycles. The number of hydrogen-bond acceptors (Lipinski definition) is 3. The van der Waals surface area contributed by atoms with Crippen LogP contribution in [0.5, 0.6) is 0 Å². The Balaban J connectivity index is 2.26. The lowest BCUT2D eigenvalue weighted by atomic mass is 9.97. The fourth-order valence-electron chi connectivity index (χ4n) is 2.41. The number of anilines is 1. The standard InChI is InChI=1S/C13H20N2O/c1-10(9-16-2)15-8-12(14)7-11-5-3-4-6-13(11)15/h3-6,10,12H,7-9,14H2,1-2H3. The number of nitrogens with zero attached hydrogens (tertiary/aromatic N) is 1. The molecule has 1 aliphatic rings. The number of hydrogen-bond donors (Lipinski definition) is 1. The highest BCUT2D eigenvalue weighted by Gasteiger charge is 2.24. The fourth-order valence-corrected chi connectivity index (χ4v) is 2.41. The molecule has 2 unspecified atom stereocenters. The Labute approximate surface area is 97.2 Å². The molecule has 0 saturated carbocycles. The first-order chi connectivity index (χ1) is 7.72. The molecule has 16 heavy (non-hydrogen) atoms. The number of rotatable bonds is 3. The average molecular weight is 220 g/mol. The maximum Gasteiger partial charge on any atom is 0.0663 e. The minimum absolute atomic E-state index is 0.231. The van der Waals surface area contributed by atoms with Gasteiger partial charge in [-0.3, -0.25) is 0 Å². The SMILES string of the molecule is COCC(C)N1CC(N)Cc2ccccc21. The Morgan fingerprint density at radius 1 is 1.50 bits per heavy atom. The number of ether oxygens (including phenoxy) is 1. The molecule has 2 N–H and O–H groups in total. The summed E-state index contributed by atoms with van der Waals surface area (Å²) in [6, 6.07) is 9.11. The lowest BCUT2D eigenvalue weighted by molar-refractivity contribution is 0.180. The lowest BCUT2D eigenvalue weighted by Crippen LogP contribution is -2.48. The van der Waals surface area contributed by atoms with Gasteiger partial charge in [0.25, 0.3) is 0 Å². The van der Waals surface area contributed by atoms with Crippen molar-refractivity contribution in [2.75, 3.05) is 25.2 Å². The second-order valence-corrected chi connectivity index (χ2v) is 4.55. The van der Waals surface area contributed by atoms with E-state index >= 15 is 0 Å². The normalized spacial score (nSPS) is 21.7. The van der Waals surface area contributed by atoms with Crippen LogP contribution in [0.25, 0.3) is 0 Å². The van der Waals surface area contributed by atoms with Gasteiger partial charge in [-0.2, -0.15) is 0 Å². The second kappa shape index (κ2) is 4.85. The summed E-state index contributed by atoms with van der Waals surface area (Å²) in [6.07, 6.45) is 0.979. The van der Waals surface area contributed by atoms with Gasteiger partial charge in [-0.25, -0.2) is 0 Å². The summed E-state index contributed by atoms with van der Waals surface area (Å²) < 4.78 is 5.22. The summed E-state index contributed by atoms with van der Waals surface area (Å²) >= 11 is 0. The highest BCUT2D eigenvalue weighted by Crippen LogP contribution is 2.27. The Morgan fingerprint density at radius 3 is 3.00 bits per heavy atom. The number of para-hydroxylation sites is 1. The molecule has 1 heterocycles. The minimum Gasteiger partial charge on any atom is -0.383 e. The summed E-state index contributed by atoms with van der Waals surface area (Å²) in [7, 11) is 1.74. The zero-order chi connectivity index (χ0) is 11.5. The highest BCUT2D eigenvalue weighted by atomic mass is 16.5. The number of benzene rings is 1. The van der Waals surface area contributed by atoms with Crippen LogP contribution in [0.4, 0.5) is 5.69 Å². The van der Waals surface area contributed by atoms with E-state index in [4.69, 9.17) is 10.5 Å². The topological polar surface area (TPSA) is 38.5 Å². The molecule has 1 aromatic rings. The van der Waals surface area contributed by atoms with Crippen molar-refractivity contribution in [3.8, 4) is 0 Å². The van der Waals surface area contributed by atoms with Gasteiger partial charge < -0.3 is 15.4 Å². The fraction of sp³-hybridized carbons (Fsp3) is 0.538. The van der Waals surface area contributed by atoms with E-state index in [1.807, 2.05) is 0 Å². The predicted octanol–water partition coefficient (Wildman–Crippen LogP) is 1.41. The maximum atomic E-state index is 6.09. The molecule has 0 spiro atoms. The minimum atomic E-state index is 0.231. The molecule has 1 aliphatic heterocycles. The molecule has 0 radical (unpaired) electrons. The Hall–Kier alpha value is -1.06. The third kappa shape index (κ3) is 2.20. The third-order valence-corrected chi connectivity index (χ3v) is 3.15. The largest absolute Gasteiger partial charge is 0.383 e. The van der Waals surface area contributed by atoms with E-state index in [0.717, 1.165) is 19.6 Å². The van der Waals surface area contributed by atoms with Crippen LogP contribution in [0.1, 0.15) is 12.5 Å². The molecule has 3 heteroatoms. The zero-order valence-electron chi connectivity index (χ0n) is 10.0. The molecule has 2 atom stereocenters. The van der Waals surface area contributed by atoms with E-state index in [9.17, 15) is 0 Å². The van der Waals surface area contributed by atoms with Crippen molar-refractivity contribution in [1.29, 1.82) is 0 Å². The van der Waals surface area contributed by atoms with Crippen LogP contribution in [0.15, 0.2) is 24.3 Å². The van der Waals surface area contributed by atoms with Crippen LogP contribution in [0, 0.1) is 0 Å². The molecule has 88 valence electrons. The van der Waals surface area contributed by atoms with Crippen molar-refractivity contribution in [1.82, 2.24) is 0 Å². The lowest BCUT2D eigenvalue weighted by Gasteiger charge is -2.38. The Morgan fingerprint density at radius 2 is 2.25 bits per heavy atom. The summed E-state index contributed by atoms with van der Waals surface area (Å²) in [4.78, 5) is 2.35. The molecular formula is C13H20N2O. The van der Waals surface area contributed by atoms with Crippen molar-refractivity contribution in [3.63, 3.8) is 0 Å². The van der Waals surface area contributed by atoms with E-state index in [2.05, 4.69) is 36.1 Å². The first-order valence-electron chi connectivity index (χ1n) is 5.81. The maximum absolute atomic E-state index is 6.09. The van der Waals surface area contributed by atoms with Crippen molar-refractivity contribution in [2.24, 2.45) is 5.73 Å². The number of nitrogens with two attached hydrogens (primary N) is 1. The van der Waals surface area contributed by atoms with E-state index < -0.39 is 0 Å². The first-order valence-corrected chi connectivity index (χ1v) is 5.81. The van der Waals surface area contributed by atoms with E-state index in [1.165, 1.54) is 11.3 Å². The van der Waals surface area contributed by atoms with Crippen molar-refractivity contribution < 1.29 is 4.74 Å². The molecule has 0 aromatic heterocycles. The third-order valence-electron chi connectivity index (χ3n) is 3.15. The van der Waals surface area contributed by atoms with Crippen molar-refractivity contribution >= 4 is 5.69 Å². The monoisotopic (exact) mass is 220 g/mol. The van der Waals surface area contributed by atoms with Crippen molar-refractivity contribution in [3.05, 3.63) is 29.8 Å². The predicted molar refractivity (Wildman–Crippen MR) is 66.8 cm³/mol. The van der Waals surface area contributed by atoms with Crippen LogP contribution in [-0.2, 0) is 11.2 Å². The van der Waals surface area contributed by atoms with E-state index in [0.29, 0.717) is 6.04 Å². The van der Waals surface area contributed by atoms with Crippen molar-refractivity contribution in [2.45, 2.75) is 25.4 Å². The molecule has 0 saturated heterocycles. The molecule has 0 amide bonds. The van der Waals surface area contributed by atoms with Gasteiger partial charge in [0.2, 0.25) is 0 Å². The van der Waals surface area contributed by atoms with Crippen LogP contribution in [0.2, 0.25) is 0 Å². The first kappa shape index (κ1) is 11.4. The van der Waals surface area contributed by atoms with Gasteiger partial charge in [0.15, 0.2) is 0 Å². The van der Waals surface area contributed by atoms with Gasteiger partial charge >= 0.3 is 0 Å². The molecule has 1 aromatic carbocycles. The summed E-state index contributed by atoms with van der Waals surface area (Å²) in [5.41, 5.74) is 8.76. The molecule has 0 fully saturated rings.